The lowest BCUT2D eigenvalue weighted by molar-refractivity contribution is 0.152. The molecule has 0 spiro atoms. The second kappa shape index (κ2) is 8.39. The van der Waals surface area contributed by atoms with Crippen LogP contribution in [-0.4, -0.2) is 48.1 Å². The van der Waals surface area contributed by atoms with Gasteiger partial charge in [0.1, 0.15) is 0 Å². The fraction of sp³-hybridized carbons (Fsp3) is 0.417. The summed E-state index contributed by atoms with van der Waals surface area (Å²) in [5.74, 6) is 0. The Morgan fingerprint density at radius 1 is 1.13 bits per heavy atom. The van der Waals surface area contributed by atoms with Crippen LogP contribution in [-0.2, 0) is 16.6 Å². The number of hydrogen-bond donors (Lipinski definition) is 3. The Morgan fingerprint density at radius 3 is 2.65 bits per heavy atom. The lowest BCUT2D eigenvalue weighted by Gasteiger charge is -2.21. The number of H-pyrrole nitrogens is 1. The molecule has 4 rings (SSSR count). The SMILES string of the molecule is CC(C)(C)NS(=O)(=O)c1cccc(-c2ccc3[nH]c(CN4CCC[C@@H]4CO)cc3c2)c1. The fourth-order valence-electron chi connectivity index (χ4n) is 4.29. The Balaban J connectivity index is 1.60. The van der Waals surface area contributed by atoms with Crippen LogP contribution in [0, 0.1) is 0 Å². The Kier molecular flexibility index (Phi) is 5.96. The zero-order chi connectivity index (χ0) is 22.2. The van der Waals surface area contributed by atoms with Crippen LogP contribution >= 0.6 is 0 Å². The molecule has 0 saturated carbocycles. The van der Waals surface area contributed by atoms with Gasteiger partial charge >= 0.3 is 0 Å². The van der Waals surface area contributed by atoms with Gasteiger partial charge in [-0.1, -0.05) is 18.2 Å². The van der Waals surface area contributed by atoms with Gasteiger partial charge in [-0.25, -0.2) is 13.1 Å². The predicted octanol–water partition coefficient (Wildman–Crippen LogP) is 3.87. The largest absolute Gasteiger partial charge is 0.395 e. The van der Waals surface area contributed by atoms with Crippen LogP contribution in [0.5, 0.6) is 0 Å². The normalized spacial score (nSPS) is 18.1. The first-order chi connectivity index (χ1) is 14.6. The third-order valence-corrected chi connectivity index (χ3v) is 7.43. The molecule has 1 aromatic heterocycles. The van der Waals surface area contributed by atoms with E-state index in [1.54, 1.807) is 18.2 Å². The van der Waals surface area contributed by atoms with Gasteiger partial charge in [-0.15, -0.1) is 0 Å². The molecule has 0 aliphatic carbocycles. The minimum Gasteiger partial charge on any atom is -0.395 e. The number of nitrogens with one attached hydrogen (secondary N) is 2. The molecule has 31 heavy (non-hydrogen) atoms. The van der Waals surface area contributed by atoms with Crippen LogP contribution in [0.3, 0.4) is 0 Å². The van der Waals surface area contributed by atoms with E-state index >= 15 is 0 Å². The molecule has 166 valence electrons. The van der Waals surface area contributed by atoms with Gasteiger partial charge in [0.15, 0.2) is 0 Å². The van der Waals surface area contributed by atoms with Crippen molar-refractivity contribution in [3.8, 4) is 11.1 Å². The van der Waals surface area contributed by atoms with E-state index in [0.29, 0.717) is 0 Å². The number of aliphatic hydroxyl groups excluding tert-OH is 1. The summed E-state index contributed by atoms with van der Waals surface area (Å²) in [7, 11) is -3.59. The van der Waals surface area contributed by atoms with Crippen molar-refractivity contribution < 1.29 is 13.5 Å². The Hall–Kier alpha value is -2.19. The van der Waals surface area contributed by atoms with Crippen molar-refractivity contribution in [2.24, 2.45) is 0 Å². The number of rotatable bonds is 6. The highest BCUT2D eigenvalue weighted by Crippen LogP contribution is 2.28. The van der Waals surface area contributed by atoms with Crippen LogP contribution in [0.2, 0.25) is 0 Å². The van der Waals surface area contributed by atoms with Gasteiger partial charge in [-0.2, -0.15) is 0 Å². The zero-order valence-corrected chi connectivity index (χ0v) is 19.2. The number of nitrogens with zero attached hydrogens (tertiary/aromatic N) is 1. The summed E-state index contributed by atoms with van der Waals surface area (Å²) in [5, 5.41) is 10.7. The van der Waals surface area contributed by atoms with Gasteiger partial charge in [0.05, 0.1) is 11.5 Å². The number of likely N-dealkylation sites (tertiary alicyclic amines) is 1. The second-order valence-electron chi connectivity index (χ2n) is 9.43. The average Bonchev–Trinajstić information content (AvgIpc) is 3.31. The van der Waals surface area contributed by atoms with Crippen molar-refractivity contribution in [1.29, 1.82) is 0 Å². The summed E-state index contributed by atoms with van der Waals surface area (Å²) in [6.07, 6.45) is 2.17. The van der Waals surface area contributed by atoms with E-state index in [0.717, 1.165) is 53.7 Å². The van der Waals surface area contributed by atoms with Crippen molar-refractivity contribution in [2.45, 2.75) is 56.6 Å². The number of aromatic amines is 1. The Morgan fingerprint density at radius 2 is 1.90 bits per heavy atom. The average molecular weight is 442 g/mol. The Bertz CT molecular complexity index is 1180. The zero-order valence-electron chi connectivity index (χ0n) is 18.4. The summed E-state index contributed by atoms with van der Waals surface area (Å²) < 4.78 is 28.2. The minimum atomic E-state index is -3.59. The first-order valence-corrected chi connectivity index (χ1v) is 12.2. The molecule has 0 amide bonds. The molecular formula is C24H31N3O3S. The minimum absolute atomic E-state index is 0.202. The van der Waals surface area contributed by atoms with Crippen molar-refractivity contribution in [1.82, 2.24) is 14.6 Å². The highest BCUT2D eigenvalue weighted by atomic mass is 32.2. The quantitative estimate of drug-likeness (QED) is 0.542. The van der Waals surface area contributed by atoms with E-state index in [2.05, 4.69) is 26.7 Å². The van der Waals surface area contributed by atoms with Gasteiger partial charge in [0.25, 0.3) is 0 Å². The lowest BCUT2D eigenvalue weighted by atomic mass is 10.0. The summed E-state index contributed by atoms with van der Waals surface area (Å²) in [4.78, 5) is 6.06. The molecule has 7 heteroatoms. The molecule has 2 heterocycles. The van der Waals surface area contributed by atoms with Crippen LogP contribution in [0.15, 0.2) is 53.4 Å². The third kappa shape index (κ3) is 5.01. The van der Waals surface area contributed by atoms with E-state index in [4.69, 9.17) is 0 Å². The van der Waals surface area contributed by atoms with Crippen LogP contribution in [0.1, 0.15) is 39.3 Å². The van der Waals surface area contributed by atoms with E-state index in [1.165, 1.54) is 0 Å². The fourth-order valence-corrected chi connectivity index (χ4v) is 5.76. The van der Waals surface area contributed by atoms with Crippen molar-refractivity contribution in [2.75, 3.05) is 13.2 Å². The molecule has 3 aromatic rings. The molecule has 0 unspecified atom stereocenters. The predicted molar refractivity (Wildman–Crippen MR) is 124 cm³/mol. The molecule has 1 fully saturated rings. The van der Waals surface area contributed by atoms with Crippen molar-refractivity contribution in [3.05, 3.63) is 54.2 Å². The van der Waals surface area contributed by atoms with Crippen LogP contribution < -0.4 is 4.72 Å². The van der Waals surface area contributed by atoms with Crippen LogP contribution in [0.25, 0.3) is 22.0 Å². The number of hydrogen-bond acceptors (Lipinski definition) is 4. The molecule has 6 nitrogen and oxygen atoms in total. The molecule has 0 bridgehead atoms. The lowest BCUT2D eigenvalue weighted by Crippen LogP contribution is -2.40. The number of fused-ring (bicyclic) bond motifs is 1. The number of aliphatic hydroxyl groups is 1. The maximum Gasteiger partial charge on any atom is 0.241 e. The van der Waals surface area contributed by atoms with E-state index < -0.39 is 15.6 Å². The van der Waals surface area contributed by atoms with Gasteiger partial charge in [0.2, 0.25) is 10.0 Å². The topological polar surface area (TPSA) is 85.4 Å². The van der Waals surface area contributed by atoms with Gasteiger partial charge in [0, 0.05) is 34.7 Å². The summed E-state index contributed by atoms with van der Waals surface area (Å²) >= 11 is 0. The molecule has 2 aromatic carbocycles. The smallest absolute Gasteiger partial charge is 0.241 e. The number of benzene rings is 2. The second-order valence-corrected chi connectivity index (χ2v) is 11.1. The first-order valence-electron chi connectivity index (χ1n) is 10.8. The Labute approximate surface area is 184 Å². The maximum atomic E-state index is 12.7. The highest BCUT2D eigenvalue weighted by Gasteiger charge is 2.24. The first kappa shape index (κ1) is 22.0. The molecule has 0 radical (unpaired) electrons. The maximum absolute atomic E-state index is 12.7. The van der Waals surface area contributed by atoms with Crippen LogP contribution in [0.4, 0.5) is 0 Å². The third-order valence-electron chi connectivity index (χ3n) is 5.68. The van der Waals surface area contributed by atoms with Gasteiger partial charge < -0.3 is 10.1 Å². The highest BCUT2D eigenvalue weighted by molar-refractivity contribution is 7.89. The van der Waals surface area contributed by atoms with Gasteiger partial charge in [-0.3, -0.25) is 4.90 Å². The summed E-state index contributed by atoms with van der Waals surface area (Å²) in [6.45, 7) is 7.50. The molecule has 1 aliphatic heterocycles. The van der Waals surface area contributed by atoms with Gasteiger partial charge in [-0.05, 0) is 81.6 Å². The summed E-state index contributed by atoms with van der Waals surface area (Å²) in [6, 6.07) is 15.6. The van der Waals surface area contributed by atoms with E-state index in [-0.39, 0.29) is 17.5 Å². The molecule has 1 aliphatic rings. The number of sulfonamides is 1. The molecular weight excluding hydrogens is 410 g/mol. The number of aromatic nitrogens is 1. The standard InChI is InChI=1S/C24H31N3O3S/c1-24(2,3)26-31(29,30)22-8-4-6-17(14-22)18-9-10-23-19(12-18)13-20(25-23)15-27-11-5-7-21(27)16-28/h4,6,8-10,12-14,21,25-26,28H,5,7,11,15-16H2,1-3H3/t21-/m1/s1. The molecule has 1 atom stereocenters. The summed E-state index contributed by atoms with van der Waals surface area (Å²) in [5.41, 5.74) is 3.47. The monoisotopic (exact) mass is 441 g/mol. The van der Waals surface area contributed by atoms with Crippen molar-refractivity contribution >= 4 is 20.9 Å². The van der Waals surface area contributed by atoms with E-state index in [9.17, 15) is 13.5 Å². The molecule has 1 saturated heterocycles. The molecule has 3 N–H and O–H groups in total. The van der Waals surface area contributed by atoms with E-state index in [1.807, 2.05) is 39.0 Å². The van der Waals surface area contributed by atoms with Crippen molar-refractivity contribution in [3.63, 3.8) is 0 Å².